The molecule has 0 spiro atoms. The van der Waals surface area contributed by atoms with E-state index in [1.54, 1.807) is 13.2 Å². The number of hydrogen-bond donors (Lipinski definition) is 2. The number of methoxy groups -OCH3 is 1. The highest BCUT2D eigenvalue weighted by molar-refractivity contribution is 7.10. The molecule has 0 aliphatic heterocycles. The van der Waals surface area contributed by atoms with E-state index < -0.39 is 0 Å². The maximum atomic E-state index is 11.9. The van der Waals surface area contributed by atoms with Crippen LogP contribution in [-0.2, 0) is 17.9 Å². The Balaban J connectivity index is 1.89. The van der Waals surface area contributed by atoms with Gasteiger partial charge in [-0.25, -0.2) is 0 Å². The topological polar surface area (TPSA) is 90.4 Å². The molecular weight excluding hydrogens is 290 g/mol. The summed E-state index contributed by atoms with van der Waals surface area (Å²) >= 11 is 1.53. The van der Waals surface area contributed by atoms with Crippen LogP contribution in [0, 0.1) is 11.8 Å². The molecule has 21 heavy (non-hydrogen) atoms. The summed E-state index contributed by atoms with van der Waals surface area (Å²) in [6.45, 7) is 1.03. The van der Waals surface area contributed by atoms with Gasteiger partial charge < -0.3 is 20.3 Å². The lowest BCUT2D eigenvalue weighted by Gasteiger charge is -1.99. The molecule has 0 atom stereocenters. The first-order valence-electron chi connectivity index (χ1n) is 6.22. The summed E-state index contributed by atoms with van der Waals surface area (Å²) in [6, 6.07) is 3.48. The van der Waals surface area contributed by atoms with Gasteiger partial charge in [0.05, 0.1) is 13.1 Å². The third kappa shape index (κ3) is 4.43. The summed E-state index contributed by atoms with van der Waals surface area (Å²) in [5.74, 6) is 5.95. The van der Waals surface area contributed by atoms with Gasteiger partial charge in [0.1, 0.15) is 6.61 Å². The Morgan fingerprint density at radius 3 is 3.19 bits per heavy atom. The second-order valence-electron chi connectivity index (χ2n) is 4.10. The van der Waals surface area contributed by atoms with E-state index in [2.05, 4.69) is 22.3 Å². The minimum absolute atomic E-state index is 0.238. The van der Waals surface area contributed by atoms with Crippen LogP contribution in [0.1, 0.15) is 26.7 Å². The number of nitrogens with one attached hydrogen (secondary N) is 1. The van der Waals surface area contributed by atoms with E-state index in [-0.39, 0.29) is 18.2 Å². The molecule has 0 aliphatic rings. The number of ether oxygens (including phenoxy) is 1. The summed E-state index contributed by atoms with van der Waals surface area (Å²) < 4.78 is 9.86. The number of rotatable bonds is 5. The van der Waals surface area contributed by atoms with Crippen molar-refractivity contribution in [2.75, 3.05) is 13.7 Å². The van der Waals surface area contributed by atoms with Crippen LogP contribution in [0.3, 0.4) is 0 Å². The van der Waals surface area contributed by atoms with Gasteiger partial charge in [0, 0.05) is 29.0 Å². The highest BCUT2D eigenvalue weighted by atomic mass is 32.1. The van der Waals surface area contributed by atoms with Gasteiger partial charge in [-0.2, -0.15) is 0 Å². The molecular formula is C14H15N3O3S. The minimum Gasteiger partial charge on any atom is -0.377 e. The predicted molar refractivity (Wildman–Crippen MR) is 78.6 cm³/mol. The molecule has 7 heteroatoms. The van der Waals surface area contributed by atoms with E-state index in [9.17, 15) is 4.79 Å². The van der Waals surface area contributed by atoms with Gasteiger partial charge in [0.25, 0.3) is 5.91 Å². The molecule has 6 nitrogen and oxygen atoms in total. The number of thiophene rings is 1. The lowest BCUT2D eigenvalue weighted by Crippen LogP contribution is -2.22. The lowest BCUT2D eigenvalue weighted by molar-refractivity contribution is 0.0941. The normalized spacial score (nSPS) is 10.0. The molecule has 2 heterocycles. The van der Waals surface area contributed by atoms with Crippen molar-refractivity contribution < 1.29 is 14.1 Å². The number of carbonyl (C=O) groups excluding carboxylic acids is 1. The van der Waals surface area contributed by atoms with E-state index in [1.165, 1.54) is 11.3 Å². The van der Waals surface area contributed by atoms with E-state index >= 15 is 0 Å². The van der Waals surface area contributed by atoms with Crippen LogP contribution in [0.15, 0.2) is 22.0 Å². The van der Waals surface area contributed by atoms with Gasteiger partial charge in [0.15, 0.2) is 11.5 Å². The second kappa shape index (κ2) is 7.59. The van der Waals surface area contributed by atoms with Crippen molar-refractivity contribution >= 4 is 17.2 Å². The van der Waals surface area contributed by atoms with Gasteiger partial charge >= 0.3 is 0 Å². The standard InChI is InChI=1S/C14H15N3O3S/c1-19-8-11-6-13(17-20-11)14(18)16-7-12-5-10(9-21-12)3-2-4-15/h5-6,9H,4,7-8,15H2,1H3,(H,16,18). The molecule has 1 amide bonds. The molecule has 0 fully saturated rings. The van der Waals surface area contributed by atoms with Crippen LogP contribution >= 0.6 is 11.3 Å². The van der Waals surface area contributed by atoms with Crippen molar-refractivity contribution in [2.24, 2.45) is 5.73 Å². The Morgan fingerprint density at radius 1 is 1.57 bits per heavy atom. The Kier molecular flexibility index (Phi) is 5.51. The Labute approximate surface area is 126 Å². The Bertz CT molecular complexity index is 666. The molecule has 3 N–H and O–H groups in total. The third-order valence-corrected chi connectivity index (χ3v) is 3.43. The second-order valence-corrected chi connectivity index (χ2v) is 5.10. The number of aromatic nitrogens is 1. The van der Waals surface area contributed by atoms with Crippen molar-refractivity contribution in [1.82, 2.24) is 10.5 Å². The summed E-state index contributed by atoms with van der Waals surface area (Å²) in [5.41, 5.74) is 6.46. The molecule has 0 bridgehead atoms. The van der Waals surface area contributed by atoms with Crippen LogP contribution in [0.5, 0.6) is 0 Å². The highest BCUT2D eigenvalue weighted by Crippen LogP contribution is 2.14. The fourth-order valence-electron chi connectivity index (χ4n) is 1.58. The van der Waals surface area contributed by atoms with Crippen molar-refractivity contribution in [1.29, 1.82) is 0 Å². The number of carbonyl (C=O) groups is 1. The highest BCUT2D eigenvalue weighted by Gasteiger charge is 2.12. The lowest BCUT2D eigenvalue weighted by atomic mass is 10.3. The average molecular weight is 305 g/mol. The fourth-order valence-corrected chi connectivity index (χ4v) is 2.34. The zero-order valence-corrected chi connectivity index (χ0v) is 12.3. The van der Waals surface area contributed by atoms with Crippen molar-refractivity contribution in [3.8, 4) is 11.8 Å². The van der Waals surface area contributed by atoms with Gasteiger partial charge in [-0.05, 0) is 6.07 Å². The molecule has 2 aromatic rings. The van der Waals surface area contributed by atoms with Crippen molar-refractivity contribution in [2.45, 2.75) is 13.2 Å². The maximum absolute atomic E-state index is 11.9. The van der Waals surface area contributed by atoms with E-state index in [0.29, 0.717) is 18.8 Å². The molecule has 0 saturated heterocycles. The number of hydrogen-bond acceptors (Lipinski definition) is 6. The fraction of sp³-hybridized carbons (Fsp3) is 0.286. The Morgan fingerprint density at radius 2 is 2.43 bits per heavy atom. The summed E-state index contributed by atoms with van der Waals surface area (Å²) in [5, 5.41) is 8.40. The summed E-state index contributed by atoms with van der Waals surface area (Å²) in [4.78, 5) is 12.9. The number of nitrogens with zero attached hydrogens (tertiary/aromatic N) is 1. The average Bonchev–Trinajstić information content (AvgIpc) is 3.12. The Hall–Kier alpha value is -2.14. The van der Waals surface area contributed by atoms with Crippen molar-refractivity contribution in [3.63, 3.8) is 0 Å². The van der Waals surface area contributed by atoms with E-state index in [0.717, 1.165) is 10.4 Å². The molecule has 0 saturated carbocycles. The van der Waals surface area contributed by atoms with Gasteiger partial charge in [-0.3, -0.25) is 4.79 Å². The van der Waals surface area contributed by atoms with Gasteiger partial charge in [0.2, 0.25) is 0 Å². The summed E-state index contributed by atoms with van der Waals surface area (Å²) in [7, 11) is 1.55. The minimum atomic E-state index is -0.288. The molecule has 0 aromatic carbocycles. The maximum Gasteiger partial charge on any atom is 0.273 e. The number of amides is 1. The predicted octanol–water partition coefficient (Wildman–Crippen LogP) is 1.12. The van der Waals surface area contributed by atoms with E-state index in [4.69, 9.17) is 15.0 Å². The first-order chi connectivity index (χ1) is 10.2. The summed E-state index contributed by atoms with van der Waals surface area (Å²) in [6.07, 6.45) is 0. The first-order valence-corrected chi connectivity index (χ1v) is 7.10. The molecule has 110 valence electrons. The zero-order chi connectivity index (χ0) is 15.1. The smallest absolute Gasteiger partial charge is 0.273 e. The van der Waals surface area contributed by atoms with E-state index in [1.807, 2.05) is 11.4 Å². The molecule has 2 aromatic heterocycles. The van der Waals surface area contributed by atoms with Crippen LogP contribution in [0.4, 0.5) is 0 Å². The zero-order valence-electron chi connectivity index (χ0n) is 11.5. The molecule has 0 aliphatic carbocycles. The third-order valence-electron chi connectivity index (χ3n) is 2.49. The van der Waals surface area contributed by atoms with Gasteiger partial charge in [-0.15, -0.1) is 11.3 Å². The molecule has 0 unspecified atom stereocenters. The number of nitrogens with two attached hydrogens (primary N) is 1. The van der Waals surface area contributed by atoms with Crippen LogP contribution in [-0.4, -0.2) is 24.7 Å². The van der Waals surface area contributed by atoms with Crippen molar-refractivity contribution in [3.05, 3.63) is 39.4 Å². The molecule has 2 rings (SSSR count). The largest absolute Gasteiger partial charge is 0.377 e. The van der Waals surface area contributed by atoms with Crippen LogP contribution in [0.25, 0.3) is 0 Å². The first kappa shape index (κ1) is 15.3. The van der Waals surface area contributed by atoms with Crippen LogP contribution in [0.2, 0.25) is 0 Å². The quantitative estimate of drug-likeness (QED) is 0.808. The SMILES string of the molecule is COCc1cc(C(=O)NCc2cc(C#CCN)cs2)no1. The molecule has 0 radical (unpaired) electrons. The van der Waals surface area contributed by atoms with Gasteiger partial charge in [-0.1, -0.05) is 17.0 Å². The van der Waals surface area contributed by atoms with Crippen LogP contribution < -0.4 is 11.1 Å². The monoisotopic (exact) mass is 305 g/mol.